The van der Waals surface area contributed by atoms with E-state index < -0.39 is 23.3 Å². The van der Waals surface area contributed by atoms with E-state index >= 15 is 0 Å². The van der Waals surface area contributed by atoms with E-state index in [0.29, 0.717) is 12.1 Å². The van der Waals surface area contributed by atoms with Gasteiger partial charge < -0.3 is 5.11 Å². The zero-order chi connectivity index (χ0) is 10.2. The molecule has 0 atom stereocenters. The molecule has 0 aliphatic heterocycles. The minimum atomic E-state index is -4.72. The molecular weight excluding hydrogens is 303 g/mol. The van der Waals surface area contributed by atoms with Gasteiger partial charge in [-0.15, -0.1) is 0 Å². The standard InChI is InChI=1S/C7H3F4IO/c8-4-2-6(13)5(12)1-3(4)7(9,10)11/h1-2,13H. The van der Waals surface area contributed by atoms with Gasteiger partial charge in [-0.25, -0.2) is 4.39 Å². The van der Waals surface area contributed by atoms with Crippen molar-refractivity contribution in [3.05, 3.63) is 27.1 Å². The molecule has 0 aliphatic carbocycles. The molecule has 1 rings (SSSR count). The summed E-state index contributed by atoms with van der Waals surface area (Å²) in [6.45, 7) is 0. The summed E-state index contributed by atoms with van der Waals surface area (Å²) < 4.78 is 48.7. The van der Waals surface area contributed by atoms with Crippen LogP contribution in [0.25, 0.3) is 0 Å². The van der Waals surface area contributed by atoms with Gasteiger partial charge in [0.05, 0.1) is 9.13 Å². The van der Waals surface area contributed by atoms with E-state index in [-0.39, 0.29) is 3.57 Å². The predicted molar refractivity (Wildman–Crippen MR) is 45.8 cm³/mol. The first kappa shape index (κ1) is 10.6. The van der Waals surface area contributed by atoms with Crippen molar-refractivity contribution in [1.29, 1.82) is 0 Å². The lowest BCUT2D eigenvalue weighted by Crippen LogP contribution is -2.08. The van der Waals surface area contributed by atoms with E-state index in [4.69, 9.17) is 5.11 Å². The van der Waals surface area contributed by atoms with Gasteiger partial charge in [0.1, 0.15) is 11.6 Å². The van der Waals surface area contributed by atoms with Crippen LogP contribution in [0, 0.1) is 9.39 Å². The van der Waals surface area contributed by atoms with Crippen LogP contribution in [-0.2, 0) is 6.18 Å². The Kier molecular flexibility index (Phi) is 2.69. The summed E-state index contributed by atoms with van der Waals surface area (Å²) in [7, 11) is 0. The summed E-state index contributed by atoms with van der Waals surface area (Å²) in [4.78, 5) is 0. The number of rotatable bonds is 0. The maximum Gasteiger partial charge on any atom is 0.419 e. The number of alkyl halides is 3. The third-order valence-electron chi connectivity index (χ3n) is 1.34. The van der Waals surface area contributed by atoms with Crippen molar-refractivity contribution in [3.8, 4) is 5.75 Å². The number of hydrogen-bond donors (Lipinski definition) is 1. The summed E-state index contributed by atoms with van der Waals surface area (Å²) in [5, 5.41) is 8.88. The Hall–Kier alpha value is -0.530. The van der Waals surface area contributed by atoms with Crippen molar-refractivity contribution in [1.82, 2.24) is 0 Å². The van der Waals surface area contributed by atoms with E-state index in [0.717, 1.165) is 0 Å². The fourth-order valence-electron chi connectivity index (χ4n) is 0.754. The molecule has 0 spiro atoms. The molecule has 0 heterocycles. The predicted octanol–water partition coefficient (Wildman–Crippen LogP) is 3.15. The van der Waals surface area contributed by atoms with Gasteiger partial charge in [-0.3, -0.25) is 0 Å². The Balaban J connectivity index is 3.32. The van der Waals surface area contributed by atoms with Gasteiger partial charge in [0.15, 0.2) is 0 Å². The van der Waals surface area contributed by atoms with Gasteiger partial charge in [0.2, 0.25) is 0 Å². The van der Waals surface area contributed by atoms with E-state index in [2.05, 4.69) is 0 Å². The zero-order valence-corrected chi connectivity index (χ0v) is 8.15. The van der Waals surface area contributed by atoms with Gasteiger partial charge in [-0.2, -0.15) is 13.2 Å². The van der Waals surface area contributed by atoms with Crippen LogP contribution in [0.5, 0.6) is 5.75 Å². The highest BCUT2D eigenvalue weighted by Gasteiger charge is 2.34. The largest absolute Gasteiger partial charge is 0.507 e. The summed E-state index contributed by atoms with van der Waals surface area (Å²) in [5.74, 6) is -1.96. The highest BCUT2D eigenvalue weighted by molar-refractivity contribution is 14.1. The van der Waals surface area contributed by atoms with Crippen LogP contribution in [0.15, 0.2) is 12.1 Å². The maximum absolute atomic E-state index is 12.6. The van der Waals surface area contributed by atoms with E-state index in [1.165, 1.54) is 22.6 Å². The second-order valence-electron chi connectivity index (χ2n) is 2.28. The summed E-state index contributed by atoms with van der Waals surface area (Å²) >= 11 is 1.49. The molecule has 0 aromatic heterocycles. The molecule has 0 unspecified atom stereocenters. The molecule has 6 heteroatoms. The second-order valence-corrected chi connectivity index (χ2v) is 3.44. The molecular formula is C7H3F4IO. The third kappa shape index (κ3) is 2.23. The minimum absolute atomic E-state index is 0.0358. The lowest BCUT2D eigenvalue weighted by atomic mass is 10.2. The average molecular weight is 306 g/mol. The molecule has 0 saturated heterocycles. The number of hydrogen-bond acceptors (Lipinski definition) is 1. The topological polar surface area (TPSA) is 20.2 Å². The number of phenols is 1. The van der Waals surface area contributed by atoms with Crippen LogP contribution in [0.3, 0.4) is 0 Å². The van der Waals surface area contributed by atoms with Gasteiger partial charge in [0.25, 0.3) is 0 Å². The monoisotopic (exact) mass is 306 g/mol. The number of aromatic hydroxyl groups is 1. The van der Waals surface area contributed by atoms with Crippen LogP contribution < -0.4 is 0 Å². The molecule has 0 bridgehead atoms. The number of halogens is 5. The SMILES string of the molecule is Oc1cc(F)c(C(F)(F)F)cc1I. The summed E-state index contributed by atoms with van der Waals surface area (Å²) in [5.41, 5.74) is -1.37. The van der Waals surface area contributed by atoms with Crippen LogP contribution in [-0.4, -0.2) is 5.11 Å². The fraction of sp³-hybridized carbons (Fsp3) is 0.143. The Morgan fingerprint density at radius 2 is 1.77 bits per heavy atom. The molecule has 0 aliphatic rings. The molecule has 1 nitrogen and oxygen atoms in total. The Morgan fingerprint density at radius 1 is 1.23 bits per heavy atom. The van der Waals surface area contributed by atoms with Crippen molar-refractivity contribution in [2.24, 2.45) is 0 Å². The van der Waals surface area contributed by atoms with Crippen LogP contribution in [0.2, 0.25) is 0 Å². The quantitative estimate of drug-likeness (QED) is 0.577. The zero-order valence-electron chi connectivity index (χ0n) is 5.99. The third-order valence-corrected chi connectivity index (χ3v) is 2.21. The van der Waals surface area contributed by atoms with Crippen molar-refractivity contribution in [3.63, 3.8) is 0 Å². The van der Waals surface area contributed by atoms with Crippen LogP contribution in [0.1, 0.15) is 5.56 Å². The lowest BCUT2D eigenvalue weighted by molar-refractivity contribution is -0.140. The first-order valence-corrected chi connectivity index (χ1v) is 4.15. The molecule has 1 aromatic rings. The van der Waals surface area contributed by atoms with Gasteiger partial charge in [-0.1, -0.05) is 0 Å². The molecule has 1 N–H and O–H groups in total. The fourth-order valence-corrected chi connectivity index (χ4v) is 1.22. The molecule has 13 heavy (non-hydrogen) atoms. The normalized spacial score (nSPS) is 11.8. The number of phenolic OH excluding ortho intramolecular Hbond substituents is 1. The van der Waals surface area contributed by atoms with Gasteiger partial charge in [-0.05, 0) is 28.7 Å². The van der Waals surface area contributed by atoms with Crippen molar-refractivity contribution < 1.29 is 22.7 Å². The maximum atomic E-state index is 12.6. The van der Waals surface area contributed by atoms with Crippen LogP contribution in [0.4, 0.5) is 17.6 Å². The molecule has 0 fully saturated rings. The van der Waals surface area contributed by atoms with E-state index in [9.17, 15) is 17.6 Å². The summed E-state index contributed by atoms with van der Waals surface area (Å²) in [6.07, 6.45) is -4.72. The highest BCUT2D eigenvalue weighted by Crippen LogP contribution is 2.34. The highest BCUT2D eigenvalue weighted by atomic mass is 127. The number of benzene rings is 1. The van der Waals surface area contributed by atoms with E-state index in [1.54, 1.807) is 0 Å². The molecule has 0 radical (unpaired) electrons. The first-order valence-electron chi connectivity index (χ1n) is 3.07. The molecule has 0 saturated carbocycles. The average Bonchev–Trinajstić information content (AvgIpc) is 1.94. The minimum Gasteiger partial charge on any atom is -0.507 e. The second kappa shape index (κ2) is 3.32. The Bertz CT molecular complexity index is 334. The Labute approximate surface area is 84.5 Å². The lowest BCUT2D eigenvalue weighted by Gasteiger charge is -2.08. The molecule has 72 valence electrons. The van der Waals surface area contributed by atoms with Crippen LogP contribution >= 0.6 is 22.6 Å². The first-order chi connectivity index (χ1) is 5.82. The smallest absolute Gasteiger partial charge is 0.419 e. The van der Waals surface area contributed by atoms with Crippen molar-refractivity contribution in [2.45, 2.75) is 6.18 Å². The van der Waals surface area contributed by atoms with E-state index in [1.807, 2.05) is 0 Å². The van der Waals surface area contributed by atoms with Gasteiger partial charge >= 0.3 is 6.18 Å². The Morgan fingerprint density at radius 3 is 2.23 bits per heavy atom. The van der Waals surface area contributed by atoms with Crippen molar-refractivity contribution in [2.75, 3.05) is 0 Å². The molecule has 0 amide bonds. The molecule has 1 aromatic carbocycles. The summed E-state index contributed by atoms with van der Waals surface area (Å²) in [6, 6.07) is 1.01. The van der Waals surface area contributed by atoms with Gasteiger partial charge in [0, 0.05) is 6.07 Å². The van der Waals surface area contributed by atoms with Crippen molar-refractivity contribution >= 4 is 22.6 Å².